The summed E-state index contributed by atoms with van der Waals surface area (Å²) in [7, 11) is 0. The fourth-order valence-corrected chi connectivity index (χ4v) is 1.05. The van der Waals surface area contributed by atoms with Crippen molar-refractivity contribution in [1.82, 2.24) is 14.8 Å². The van der Waals surface area contributed by atoms with Crippen molar-refractivity contribution in [2.45, 2.75) is 32.9 Å². The molecule has 0 saturated heterocycles. The molecular formula is C9H16N4OS. The molecular weight excluding hydrogens is 212 g/mol. The van der Waals surface area contributed by atoms with Crippen molar-refractivity contribution in [2.24, 2.45) is 5.73 Å². The molecule has 0 bridgehead atoms. The van der Waals surface area contributed by atoms with Crippen molar-refractivity contribution < 1.29 is 4.74 Å². The van der Waals surface area contributed by atoms with Gasteiger partial charge in [-0.25, -0.2) is 9.67 Å². The Morgan fingerprint density at radius 2 is 2.27 bits per heavy atom. The Kier molecular flexibility index (Phi) is 3.76. The largest absolute Gasteiger partial charge is 0.387 e. The van der Waals surface area contributed by atoms with E-state index in [-0.39, 0.29) is 10.6 Å². The summed E-state index contributed by atoms with van der Waals surface area (Å²) in [5, 5.41) is 4.09. The second-order valence-electron chi connectivity index (χ2n) is 4.16. The van der Waals surface area contributed by atoms with Gasteiger partial charge in [0.2, 0.25) is 5.82 Å². The summed E-state index contributed by atoms with van der Waals surface area (Å²) in [6.45, 7) is 7.26. The van der Waals surface area contributed by atoms with E-state index in [1.807, 2.05) is 20.8 Å². The van der Waals surface area contributed by atoms with Gasteiger partial charge in [0.1, 0.15) is 11.3 Å². The lowest BCUT2D eigenvalue weighted by Crippen LogP contribution is -2.22. The summed E-state index contributed by atoms with van der Waals surface area (Å²) in [5.74, 6) is 0.403. The number of nitrogens with zero attached hydrogens (tertiary/aromatic N) is 3. The van der Waals surface area contributed by atoms with Gasteiger partial charge in [-0.3, -0.25) is 0 Å². The van der Waals surface area contributed by atoms with E-state index in [2.05, 4.69) is 10.1 Å². The lowest BCUT2D eigenvalue weighted by molar-refractivity contribution is -0.00793. The highest BCUT2D eigenvalue weighted by Gasteiger charge is 2.10. The van der Waals surface area contributed by atoms with E-state index in [0.717, 1.165) is 0 Å². The highest BCUT2D eigenvalue weighted by atomic mass is 32.1. The van der Waals surface area contributed by atoms with Gasteiger partial charge in [-0.2, -0.15) is 0 Å². The highest BCUT2D eigenvalue weighted by molar-refractivity contribution is 7.80. The Hall–Kier alpha value is -1.01. The van der Waals surface area contributed by atoms with E-state index in [9.17, 15) is 0 Å². The minimum Gasteiger partial charge on any atom is -0.387 e. The molecule has 1 heterocycles. The molecule has 0 aliphatic rings. The minimum absolute atomic E-state index is 0.132. The quantitative estimate of drug-likeness (QED) is 0.769. The summed E-state index contributed by atoms with van der Waals surface area (Å²) < 4.78 is 7.22. The first-order valence-corrected chi connectivity index (χ1v) is 5.12. The molecule has 2 N–H and O–H groups in total. The van der Waals surface area contributed by atoms with Crippen LogP contribution in [0.3, 0.4) is 0 Å². The van der Waals surface area contributed by atoms with Crippen molar-refractivity contribution in [1.29, 1.82) is 0 Å². The monoisotopic (exact) mass is 228 g/mol. The number of nitrogens with two attached hydrogens (primary N) is 1. The lowest BCUT2D eigenvalue weighted by Gasteiger charge is -2.19. The molecule has 84 valence electrons. The predicted molar refractivity (Wildman–Crippen MR) is 61.6 cm³/mol. The Bertz CT molecular complexity index is 342. The lowest BCUT2D eigenvalue weighted by atomic mass is 10.2. The third-order valence-electron chi connectivity index (χ3n) is 1.61. The molecule has 0 radical (unpaired) electrons. The Morgan fingerprint density at radius 3 is 2.73 bits per heavy atom. The van der Waals surface area contributed by atoms with Gasteiger partial charge in [0, 0.05) is 0 Å². The zero-order chi connectivity index (χ0) is 11.5. The average Bonchev–Trinajstić information content (AvgIpc) is 2.50. The van der Waals surface area contributed by atoms with Gasteiger partial charge in [0.05, 0.1) is 18.8 Å². The van der Waals surface area contributed by atoms with Gasteiger partial charge in [-0.1, -0.05) is 12.2 Å². The third-order valence-corrected chi connectivity index (χ3v) is 1.79. The molecule has 0 fully saturated rings. The molecule has 0 atom stereocenters. The van der Waals surface area contributed by atoms with Gasteiger partial charge < -0.3 is 10.5 Å². The van der Waals surface area contributed by atoms with Crippen molar-refractivity contribution in [2.75, 3.05) is 6.61 Å². The molecule has 0 aliphatic heterocycles. The Labute approximate surface area is 94.6 Å². The van der Waals surface area contributed by atoms with Crippen LogP contribution in [0.4, 0.5) is 0 Å². The van der Waals surface area contributed by atoms with E-state index in [1.165, 1.54) is 0 Å². The molecule has 0 aromatic carbocycles. The SMILES string of the molecule is CC(C)(C)OCCn1cnc(C(N)=S)n1. The van der Waals surface area contributed by atoms with Crippen LogP contribution >= 0.6 is 12.2 Å². The number of ether oxygens (including phenoxy) is 1. The van der Waals surface area contributed by atoms with E-state index in [1.54, 1.807) is 11.0 Å². The van der Waals surface area contributed by atoms with Gasteiger partial charge >= 0.3 is 0 Å². The second kappa shape index (κ2) is 4.67. The van der Waals surface area contributed by atoms with Crippen LogP contribution in [0, 0.1) is 0 Å². The van der Waals surface area contributed by atoms with E-state index in [0.29, 0.717) is 19.0 Å². The summed E-state index contributed by atoms with van der Waals surface area (Å²) in [6, 6.07) is 0. The Balaban J connectivity index is 2.41. The average molecular weight is 228 g/mol. The third kappa shape index (κ3) is 4.35. The fraction of sp³-hybridized carbons (Fsp3) is 0.667. The predicted octanol–water partition coefficient (Wildman–Crippen LogP) is 0.727. The van der Waals surface area contributed by atoms with E-state index < -0.39 is 0 Å². The number of thiocarbonyl (C=S) groups is 1. The number of hydrogen-bond donors (Lipinski definition) is 1. The van der Waals surface area contributed by atoms with Crippen LogP contribution in [0.15, 0.2) is 6.33 Å². The van der Waals surface area contributed by atoms with E-state index >= 15 is 0 Å². The van der Waals surface area contributed by atoms with E-state index in [4.69, 9.17) is 22.7 Å². The molecule has 0 spiro atoms. The molecule has 5 nitrogen and oxygen atoms in total. The van der Waals surface area contributed by atoms with Crippen LogP contribution in [0.1, 0.15) is 26.6 Å². The zero-order valence-electron chi connectivity index (χ0n) is 9.23. The van der Waals surface area contributed by atoms with Crippen molar-refractivity contribution >= 4 is 17.2 Å². The maximum atomic E-state index is 5.55. The normalized spacial score (nSPS) is 11.7. The molecule has 1 rings (SSSR count). The number of aromatic nitrogens is 3. The van der Waals surface area contributed by atoms with Crippen LogP contribution < -0.4 is 5.73 Å². The Morgan fingerprint density at radius 1 is 1.60 bits per heavy atom. The maximum absolute atomic E-state index is 5.55. The first-order chi connectivity index (χ1) is 6.88. The maximum Gasteiger partial charge on any atom is 0.208 e. The number of hydrogen-bond acceptors (Lipinski definition) is 4. The van der Waals surface area contributed by atoms with Crippen molar-refractivity contribution in [3.63, 3.8) is 0 Å². The van der Waals surface area contributed by atoms with Crippen LogP contribution in [-0.2, 0) is 11.3 Å². The van der Waals surface area contributed by atoms with Crippen LogP contribution in [0.5, 0.6) is 0 Å². The standard InChI is InChI=1S/C9H16N4OS/c1-9(2,3)14-5-4-13-6-11-8(12-13)7(10)15/h6H,4-5H2,1-3H3,(H2,10,15). The number of rotatable bonds is 4. The molecule has 1 aromatic heterocycles. The van der Waals surface area contributed by atoms with Crippen molar-refractivity contribution in [3.8, 4) is 0 Å². The van der Waals surface area contributed by atoms with Gasteiger partial charge in [0.15, 0.2) is 0 Å². The van der Waals surface area contributed by atoms with Gasteiger partial charge in [-0.05, 0) is 20.8 Å². The summed E-state index contributed by atoms with van der Waals surface area (Å²) in [5.41, 5.74) is 5.25. The molecule has 6 heteroatoms. The molecule has 15 heavy (non-hydrogen) atoms. The van der Waals surface area contributed by atoms with Gasteiger partial charge in [-0.15, -0.1) is 5.10 Å². The van der Waals surface area contributed by atoms with Crippen molar-refractivity contribution in [3.05, 3.63) is 12.2 Å². The molecule has 0 amide bonds. The first kappa shape index (κ1) is 12.1. The topological polar surface area (TPSA) is 66.0 Å². The first-order valence-electron chi connectivity index (χ1n) is 4.72. The summed E-state index contributed by atoms with van der Waals surface area (Å²) in [4.78, 5) is 4.17. The van der Waals surface area contributed by atoms with Crippen LogP contribution in [0.25, 0.3) is 0 Å². The molecule has 1 aromatic rings. The molecule has 0 saturated carbocycles. The van der Waals surface area contributed by atoms with Crippen LogP contribution in [-0.4, -0.2) is 32.0 Å². The second-order valence-corrected chi connectivity index (χ2v) is 4.60. The summed E-state index contributed by atoms with van der Waals surface area (Å²) >= 11 is 4.76. The molecule has 0 unspecified atom stereocenters. The zero-order valence-corrected chi connectivity index (χ0v) is 10.0. The van der Waals surface area contributed by atoms with Gasteiger partial charge in [0.25, 0.3) is 0 Å². The fourth-order valence-electron chi connectivity index (χ4n) is 0.961. The van der Waals surface area contributed by atoms with Crippen LogP contribution in [0.2, 0.25) is 0 Å². The summed E-state index contributed by atoms with van der Waals surface area (Å²) in [6.07, 6.45) is 1.60. The smallest absolute Gasteiger partial charge is 0.208 e. The minimum atomic E-state index is -0.132. The highest BCUT2D eigenvalue weighted by Crippen LogP contribution is 2.06. The molecule has 0 aliphatic carbocycles.